The molecule has 0 unspecified atom stereocenters. The number of carbonyl (C=O) groups excluding carboxylic acids is 2. The van der Waals surface area contributed by atoms with Gasteiger partial charge < -0.3 is 5.73 Å². The number of hydrogen-bond acceptors (Lipinski definition) is 4. The molecule has 0 saturated heterocycles. The van der Waals surface area contributed by atoms with Crippen LogP contribution in [0.15, 0.2) is 30.3 Å². The fraction of sp³-hybridized carbons (Fsp3) is 0.429. The third kappa shape index (κ3) is 6.86. The van der Waals surface area contributed by atoms with Crippen LogP contribution in [-0.4, -0.2) is 36.3 Å². The molecule has 0 aromatic heterocycles. The third-order valence-electron chi connectivity index (χ3n) is 2.67. The highest BCUT2D eigenvalue weighted by Gasteiger charge is 2.11. The molecule has 0 aliphatic rings. The van der Waals surface area contributed by atoms with Crippen molar-refractivity contribution >= 4 is 11.8 Å². The van der Waals surface area contributed by atoms with Crippen molar-refractivity contribution in [2.75, 3.05) is 19.6 Å². The smallest absolute Gasteiger partial charge is 0.252 e. The molecule has 0 spiro atoms. The van der Waals surface area contributed by atoms with Crippen molar-refractivity contribution in [1.29, 1.82) is 0 Å². The lowest BCUT2D eigenvalue weighted by Gasteiger charge is -2.21. The highest BCUT2D eigenvalue weighted by atomic mass is 16.2. The summed E-state index contributed by atoms with van der Waals surface area (Å²) in [5.74, 6) is -0.539. The topological polar surface area (TPSA) is 87.5 Å². The largest absolute Gasteiger partial charge is 0.330 e. The number of rotatable bonds is 7. The van der Waals surface area contributed by atoms with Crippen molar-refractivity contribution in [3.05, 3.63) is 35.9 Å². The van der Waals surface area contributed by atoms with Gasteiger partial charge in [0.15, 0.2) is 0 Å². The first-order chi connectivity index (χ1) is 9.61. The normalized spacial score (nSPS) is 10.3. The van der Waals surface area contributed by atoms with E-state index in [0.29, 0.717) is 13.1 Å². The van der Waals surface area contributed by atoms with Gasteiger partial charge in [-0.05, 0) is 18.5 Å². The van der Waals surface area contributed by atoms with Gasteiger partial charge in [0.2, 0.25) is 5.91 Å². The monoisotopic (exact) mass is 278 g/mol. The number of hydrogen-bond donors (Lipinski definition) is 3. The Morgan fingerprint density at radius 3 is 2.50 bits per heavy atom. The van der Waals surface area contributed by atoms with Crippen molar-refractivity contribution in [2.45, 2.75) is 19.9 Å². The summed E-state index contributed by atoms with van der Waals surface area (Å²) in [6, 6.07) is 9.92. The second kappa shape index (κ2) is 9.06. The quantitative estimate of drug-likeness (QED) is 0.613. The first-order valence-electron chi connectivity index (χ1n) is 6.63. The zero-order chi connectivity index (χ0) is 14.8. The van der Waals surface area contributed by atoms with Crippen LogP contribution < -0.4 is 16.6 Å². The SMILES string of the molecule is CC(=O)NNC(=O)CN(CCCN)Cc1ccccc1. The summed E-state index contributed by atoms with van der Waals surface area (Å²) in [4.78, 5) is 24.5. The molecule has 110 valence electrons. The number of nitrogens with zero attached hydrogens (tertiary/aromatic N) is 1. The van der Waals surface area contributed by atoms with E-state index in [2.05, 4.69) is 10.9 Å². The lowest BCUT2D eigenvalue weighted by atomic mass is 10.2. The molecule has 1 aromatic carbocycles. The van der Waals surface area contributed by atoms with Gasteiger partial charge in [0.1, 0.15) is 0 Å². The summed E-state index contributed by atoms with van der Waals surface area (Å²) in [6.07, 6.45) is 0.820. The van der Waals surface area contributed by atoms with Crippen LogP contribution in [-0.2, 0) is 16.1 Å². The van der Waals surface area contributed by atoms with Crippen molar-refractivity contribution < 1.29 is 9.59 Å². The first-order valence-corrected chi connectivity index (χ1v) is 6.63. The van der Waals surface area contributed by atoms with Crippen molar-refractivity contribution in [2.24, 2.45) is 5.73 Å². The average Bonchev–Trinajstić information content (AvgIpc) is 2.43. The minimum Gasteiger partial charge on any atom is -0.330 e. The van der Waals surface area contributed by atoms with Crippen LogP contribution in [0.4, 0.5) is 0 Å². The number of nitrogens with two attached hydrogens (primary N) is 1. The number of nitrogens with one attached hydrogen (secondary N) is 2. The highest BCUT2D eigenvalue weighted by Crippen LogP contribution is 2.04. The second-order valence-electron chi connectivity index (χ2n) is 4.57. The summed E-state index contributed by atoms with van der Waals surface area (Å²) in [7, 11) is 0. The van der Waals surface area contributed by atoms with E-state index in [-0.39, 0.29) is 18.4 Å². The number of hydrazine groups is 1. The van der Waals surface area contributed by atoms with Crippen LogP contribution in [0.2, 0.25) is 0 Å². The lowest BCUT2D eigenvalue weighted by molar-refractivity contribution is -0.128. The summed E-state index contributed by atoms with van der Waals surface area (Å²) >= 11 is 0. The van der Waals surface area contributed by atoms with Gasteiger partial charge >= 0.3 is 0 Å². The zero-order valence-electron chi connectivity index (χ0n) is 11.8. The minimum absolute atomic E-state index is 0.217. The molecule has 6 nitrogen and oxygen atoms in total. The predicted octanol–water partition coefficient (Wildman–Crippen LogP) is 0.00470. The summed E-state index contributed by atoms with van der Waals surface area (Å²) in [5, 5.41) is 0. The molecule has 1 aromatic rings. The van der Waals surface area contributed by atoms with Crippen LogP contribution in [0.3, 0.4) is 0 Å². The molecule has 20 heavy (non-hydrogen) atoms. The van der Waals surface area contributed by atoms with Gasteiger partial charge in [-0.1, -0.05) is 30.3 Å². The molecule has 4 N–H and O–H groups in total. The highest BCUT2D eigenvalue weighted by molar-refractivity contribution is 5.81. The molecule has 0 bridgehead atoms. The van der Waals surface area contributed by atoms with E-state index in [4.69, 9.17) is 5.73 Å². The Labute approximate surface area is 119 Å². The Balaban J connectivity index is 2.50. The van der Waals surface area contributed by atoms with Gasteiger partial charge in [-0.2, -0.15) is 0 Å². The Hall–Kier alpha value is -1.92. The van der Waals surface area contributed by atoms with Crippen LogP contribution in [0, 0.1) is 0 Å². The van der Waals surface area contributed by atoms with Gasteiger partial charge in [-0.25, -0.2) is 0 Å². The van der Waals surface area contributed by atoms with E-state index >= 15 is 0 Å². The van der Waals surface area contributed by atoms with Crippen LogP contribution in [0.25, 0.3) is 0 Å². The van der Waals surface area contributed by atoms with E-state index in [1.807, 2.05) is 35.2 Å². The van der Waals surface area contributed by atoms with E-state index in [1.165, 1.54) is 6.92 Å². The third-order valence-corrected chi connectivity index (χ3v) is 2.67. The Bertz CT molecular complexity index is 422. The molecule has 6 heteroatoms. The molecule has 1 rings (SSSR count). The van der Waals surface area contributed by atoms with Crippen LogP contribution in [0.1, 0.15) is 18.9 Å². The van der Waals surface area contributed by atoms with Crippen molar-refractivity contribution in [3.63, 3.8) is 0 Å². The van der Waals surface area contributed by atoms with E-state index < -0.39 is 0 Å². The summed E-state index contributed by atoms with van der Waals surface area (Å²) < 4.78 is 0. The standard InChI is InChI=1S/C14H22N4O2/c1-12(19)16-17-14(20)11-18(9-5-8-15)10-13-6-3-2-4-7-13/h2-4,6-7H,5,8-11,15H2,1H3,(H,16,19)(H,17,20). The Kier molecular flexibility index (Phi) is 7.31. The van der Waals surface area contributed by atoms with Gasteiger partial charge in [0.05, 0.1) is 6.54 Å². The number of benzene rings is 1. The molecule has 2 amide bonds. The Morgan fingerprint density at radius 1 is 1.20 bits per heavy atom. The van der Waals surface area contributed by atoms with Crippen LogP contribution in [0.5, 0.6) is 0 Å². The molecule has 0 radical (unpaired) electrons. The molecule has 0 aliphatic heterocycles. The van der Waals surface area contributed by atoms with Gasteiger partial charge in [-0.3, -0.25) is 25.3 Å². The molecular weight excluding hydrogens is 256 g/mol. The second-order valence-corrected chi connectivity index (χ2v) is 4.57. The maximum Gasteiger partial charge on any atom is 0.252 e. The van der Waals surface area contributed by atoms with E-state index in [1.54, 1.807) is 0 Å². The van der Waals surface area contributed by atoms with E-state index in [0.717, 1.165) is 18.5 Å². The molecule has 0 atom stereocenters. The van der Waals surface area contributed by atoms with Crippen molar-refractivity contribution in [3.8, 4) is 0 Å². The van der Waals surface area contributed by atoms with E-state index in [9.17, 15) is 9.59 Å². The predicted molar refractivity (Wildman–Crippen MR) is 77.3 cm³/mol. The fourth-order valence-electron chi connectivity index (χ4n) is 1.77. The van der Waals surface area contributed by atoms with Gasteiger partial charge in [-0.15, -0.1) is 0 Å². The molecular formula is C14H22N4O2. The Morgan fingerprint density at radius 2 is 1.90 bits per heavy atom. The average molecular weight is 278 g/mol. The maximum absolute atomic E-state index is 11.7. The molecule has 0 fully saturated rings. The fourth-order valence-corrected chi connectivity index (χ4v) is 1.77. The van der Waals surface area contributed by atoms with Crippen molar-refractivity contribution in [1.82, 2.24) is 15.8 Å². The summed E-state index contributed by atoms with van der Waals surface area (Å²) in [6.45, 7) is 3.55. The molecule has 0 saturated carbocycles. The molecule has 0 heterocycles. The van der Waals surface area contributed by atoms with Gasteiger partial charge in [0, 0.05) is 20.0 Å². The van der Waals surface area contributed by atoms with Gasteiger partial charge in [0.25, 0.3) is 5.91 Å². The molecule has 0 aliphatic carbocycles. The maximum atomic E-state index is 11.7. The lowest BCUT2D eigenvalue weighted by Crippen LogP contribution is -2.45. The number of amides is 2. The first kappa shape index (κ1) is 16.1. The summed E-state index contributed by atoms with van der Waals surface area (Å²) in [5.41, 5.74) is 11.3. The minimum atomic E-state index is -0.296. The van der Waals surface area contributed by atoms with Crippen LogP contribution >= 0.6 is 0 Å². The number of carbonyl (C=O) groups is 2. The zero-order valence-corrected chi connectivity index (χ0v) is 11.8.